The number of hydrogen-bond donors (Lipinski definition) is 1. The van der Waals surface area contributed by atoms with E-state index in [1.807, 2.05) is 32.2 Å². The molecule has 0 amide bonds. The summed E-state index contributed by atoms with van der Waals surface area (Å²) >= 11 is 0. The summed E-state index contributed by atoms with van der Waals surface area (Å²) in [5, 5.41) is 0. The first-order valence-electron chi connectivity index (χ1n) is 9.42. The molecule has 1 N–H and O–H groups in total. The molecule has 0 spiro atoms. The van der Waals surface area contributed by atoms with Gasteiger partial charge in [0, 0.05) is 18.0 Å². The van der Waals surface area contributed by atoms with Gasteiger partial charge < -0.3 is 19.4 Å². The molecule has 2 heterocycles. The number of nitrogens with zero attached hydrogens (tertiary/aromatic N) is 2. The van der Waals surface area contributed by atoms with Gasteiger partial charge in [-0.1, -0.05) is 6.92 Å². The molecule has 0 saturated carbocycles. The van der Waals surface area contributed by atoms with Crippen molar-refractivity contribution in [1.29, 1.82) is 0 Å². The molecule has 1 aliphatic rings. The van der Waals surface area contributed by atoms with Crippen molar-refractivity contribution in [3.63, 3.8) is 0 Å². The molecule has 0 radical (unpaired) electrons. The second kappa shape index (κ2) is 8.39. The molecule has 5 nitrogen and oxygen atoms in total. The van der Waals surface area contributed by atoms with Crippen molar-refractivity contribution >= 4 is 0 Å². The third kappa shape index (κ3) is 4.15. The fraction of sp³-hybridized carbons (Fsp3) is 0.550. The Morgan fingerprint density at radius 2 is 1.96 bits per heavy atom. The van der Waals surface area contributed by atoms with Gasteiger partial charge in [-0.15, -0.1) is 0 Å². The van der Waals surface area contributed by atoms with Crippen molar-refractivity contribution in [2.75, 3.05) is 32.8 Å². The number of hydrogen-bond acceptors (Lipinski definition) is 4. The third-order valence-electron chi connectivity index (χ3n) is 4.79. The van der Waals surface area contributed by atoms with Crippen LogP contribution in [0.5, 0.6) is 11.5 Å². The smallest absolute Gasteiger partial charge is 0.161 e. The van der Waals surface area contributed by atoms with Crippen molar-refractivity contribution in [2.45, 2.75) is 39.5 Å². The van der Waals surface area contributed by atoms with E-state index in [1.165, 1.54) is 19.4 Å². The summed E-state index contributed by atoms with van der Waals surface area (Å²) in [6, 6.07) is 6.07. The highest BCUT2D eigenvalue weighted by molar-refractivity contribution is 5.63. The van der Waals surface area contributed by atoms with Crippen LogP contribution in [-0.2, 0) is 0 Å². The van der Waals surface area contributed by atoms with E-state index in [0.29, 0.717) is 19.1 Å². The van der Waals surface area contributed by atoms with E-state index in [0.717, 1.165) is 41.7 Å². The number of rotatable bonds is 7. The molecule has 1 atom stereocenters. The Bertz CT molecular complexity index is 683. The quantitative estimate of drug-likeness (QED) is 0.823. The highest BCUT2D eigenvalue weighted by Gasteiger charge is 2.22. The van der Waals surface area contributed by atoms with E-state index >= 15 is 0 Å². The minimum atomic E-state index is 0.497. The zero-order chi connectivity index (χ0) is 17.6. The first kappa shape index (κ1) is 17.8. The summed E-state index contributed by atoms with van der Waals surface area (Å²) in [7, 11) is 0. The van der Waals surface area contributed by atoms with Gasteiger partial charge in [0.2, 0.25) is 0 Å². The fourth-order valence-corrected chi connectivity index (χ4v) is 3.48. The molecule has 1 aliphatic heterocycles. The molecule has 1 aromatic heterocycles. The van der Waals surface area contributed by atoms with Crippen LogP contribution < -0.4 is 9.47 Å². The molecule has 5 heteroatoms. The standard InChI is InChI=1S/C20H29N3O2/c1-4-23-11-7-8-16(14-23)20-21-13-17(22-20)15-9-10-18(24-5-2)19(12-15)25-6-3/h9-10,12-13,16H,4-8,11,14H2,1-3H3,(H,21,22)/t16-/m1/s1. The lowest BCUT2D eigenvalue weighted by atomic mass is 9.97. The minimum Gasteiger partial charge on any atom is -0.490 e. The number of aromatic amines is 1. The summed E-state index contributed by atoms with van der Waals surface area (Å²) in [4.78, 5) is 10.7. The van der Waals surface area contributed by atoms with Gasteiger partial charge in [-0.3, -0.25) is 0 Å². The van der Waals surface area contributed by atoms with Gasteiger partial charge in [0.15, 0.2) is 11.5 Å². The van der Waals surface area contributed by atoms with Crippen molar-refractivity contribution in [3.8, 4) is 22.8 Å². The Labute approximate surface area is 150 Å². The number of benzene rings is 1. The number of piperidine rings is 1. The molecular formula is C20H29N3O2. The van der Waals surface area contributed by atoms with Gasteiger partial charge in [-0.05, 0) is 58.0 Å². The van der Waals surface area contributed by atoms with Crippen LogP contribution in [0, 0.1) is 0 Å². The maximum atomic E-state index is 5.74. The Morgan fingerprint density at radius 1 is 1.16 bits per heavy atom. The number of likely N-dealkylation sites (tertiary alicyclic amines) is 1. The third-order valence-corrected chi connectivity index (χ3v) is 4.79. The first-order valence-corrected chi connectivity index (χ1v) is 9.42. The second-order valence-corrected chi connectivity index (χ2v) is 6.44. The summed E-state index contributed by atoms with van der Waals surface area (Å²) < 4.78 is 11.4. The van der Waals surface area contributed by atoms with E-state index in [1.54, 1.807) is 0 Å². The first-order chi connectivity index (χ1) is 12.2. The molecule has 0 bridgehead atoms. The average Bonchev–Trinajstić information content (AvgIpc) is 3.14. The van der Waals surface area contributed by atoms with Crippen LogP contribution >= 0.6 is 0 Å². The minimum absolute atomic E-state index is 0.497. The van der Waals surface area contributed by atoms with Crippen molar-refractivity contribution < 1.29 is 9.47 Å². The van der Waals surface area contributed by atoms with Crippen LogP contribution in [0.15, 0.2) is 24.4 Å². The molecule has 0 aliphatic carbocycles. The molecule has 2 aromatic rings. The molecule has 1 saturated heterocycles. The molecule has 25 heavy (non-hydrogen) atoms. The number of ether oxygens (including phenoxy) is 2. The number of imidazole rings is 1. The van der Waals surface area contributed by atoms with E-state index in [2.05, 4.69) is 27.9 Å². The summed E-state index contributed by atoms with van der Waals surface area (Å²) in [5.74, 6) is 3.17. The number of aromatic nitrogens is 2. The van der Waals surface area contributed by atoms with E-state index in [-0.39, 0.29) is 0 Å². The monoisotopic (exact) mass is 343 g/mol. The summed E-state index contributed by atoms with van der Waals surface area (Å²) in [5.41, 5.74) is 2.11. The molecule has 1 fully saturated rings. The van der Waals surface area contributed by atoms with Crippen LogP contribution in [0.2, 0.25) is 0 Å². The van der Waals surface area contributed by atoms with Gasteiger partial charge >= 0.3 is 0 Å². The number of nitrogens with one attached hydrogen (secondary N) is 1. The van der Waals surface area contributed by atoms with Gasteiger partial charge in [0.05, 0.1) is 25.1 Å². The molecule has 136 valence electrons. The Balaban J connectivity index is 1.80. The van der Waals surface area contributed by atoms with Crippen LogP contribution in [0.1, 0.15) is 45.4 Å². The SMILES string of the molecule is CCOc1ccc(-c2cnc([C@@H]3CCCN(CC)C3)[nH]2)cc1OCC. The van der Waals surface area contributed by atoms with Gasteiger partial charge in [0.1, 0.15) is 5.82 Å². The zero-order valence-corrected chi connectivity index (χ0v) is 15.5. The topological polar surface area (TPSA) is 50.4 Å². The van der Waals surface area contributed by atoms with Gasteiger partial charge in [0.25, 0.3) is 0 Å². The maximum absolute atomic E-state index is 5.74. The maximum Gasteiger partial charge on any atom is 0.161 e. The van der Waals surface area contributed by atoms with Crippen molar-refractivity contribution in [3.05, 3.63) is 30.2 Å². The lowest BCUT2D eigenvalue weighted by Gasteiger charge is -2.30. The van der Waals surface area contributed by atoms with E-state index < -0.39 is 0 Å². The molecule has 3 rings (SSSR count). The van der Waals surface area contributed by atoms with E-state index in [4.69, 9.17) is 9.47 Å². The average molecular weight is 343 g/mol. The fourth-order valence-electron chi connectivity index (χ4n) is 3.48. The van der Waals surface area contributed by atoms with Crippen LogP contribution in [-0.4, -0.2) is 47.7 Å². The Morgan fingerprint density at radius 3 is 2.72 bits per heavy atom. The highest BCUT2D eigenvalue weighted by atomic mass is 16.5. The zero-order valence-electron chi connectivity index (χ0n) is 15.5. The highest BCUT2D eigenvalue weighted by Crippen LogP contribution is 2.33. The number of likely N-dealkylation sites (N-methyl/N-ethyl adjacent to an activating group) is 1. The Kier molecular flexibility index (Phi) is 5.97. The van der Waals surface area contributed by atoms with Gasteiger partial charge in [-0.2, -0.15) is 0 Å². The molecule has 0 unspecified atom stereocenters. The van der Waals surface area contributed by atoms with Crippen molar-refractivity contribution in [1.82, 2.24) is 14.9 Å². The second-order valence-electron chi connectivity index (χ2n) is 6.44. The lowest BCUT2D eigenvalue weighted by Crippen LogP contribution is -2.34. The van der Waals surface area contributed by atoms with Crippen molar-refractivity contribution in [2.24, 2.45) is 0 Å². The van der Waals surface area contributed by atoms with Gasteiger partial charge in [-0.25, -0.2) is 4.98 Å². The lowest BCUT2D eigenvalue weighted by molar-refractivity contribution is 0.214. The predicted molar refractivity (Wildman–Crippen MR) is 100 cm³/mol. The Hall–Kier alpha value is -2.01. The van der Waals surface area contributed by atoms with Crippen LogP contribution in [0.3, 0.4) is 0 Å². The van der Waals surface area contributed by atoms with E-state index in [9.17, 15) is 0 Å². The molecular weight excluding hydrogens is 314 g/mol. The predicted octanol–water partition coefficient (Wildman–Crippen LogP) is 4.07. The normalized spacial score (nSPS) is 18.3. The van der Waals surface area contributed by atoms with Crippen LogP contribution in [0.4, 0.5) is 0 Å². The largest absolute Gasteiger partial charge is 0.490 e. The summed E-state index contributed by atoms with van der Waals surface area (Å²) in [6.45, 7) is 10.9. The van der Waals surface area contributed by atoms with Crippen LogP contribution in [0.25, 0.3) is 11.3 Å². The number of H-pyrrole nitrogens is 1. The molecule has 1 aromatic carbocycles. The summed E-state index contributed by atoms with van der Waals surface area (Å²) in [6.07, 6.45) is 4.38.